The lowest BCUT2D eigenvalue weighted by Crippen LogP contribution is -2.38. The largest absolute Gasteiger partial charge is 0.464 e. The standard InChI is InChI=1S/C14H16N2O5/c1-3-21-14(18)10(2)15-13(17)8-7-11-5-4-6-12(9-11)16(19)20/h4-10H,3H2,1-2H3,(H,15,17)/b8-7+. The maximum Gasteiger partial charge on any atom is 0.328 e. The normalized spacial score (nSPS) is 11.9. The van der Waals surface area contributed by atoms with Gasteiger partial charge in [-0.15, -0.1) is 0 Å². The molecule has 0 bridgehead atoms. The van der Waals surface area contributed by atoms with E-state index in [1.165, 1.54) is 37.3 Å². The molecule has 0 saturated carbocycles. The summed E-state index contributed by atoms with van der Waals surface area (Å²) in [4.78, 5) is 33.1. The number of nitro groups is 1. The van der Waals surface area contributed by atoms with Gasteiger partial charge in [-0.2, -0.15) is 0 Å². The summed E-state index contributed by atoms with van der Waals surface area (Å²) in [5.74, 6) is -1.00. The highest BCUT2D eigenvalue weighted by Crippen LogP contribution is 2.13. The van der Waals surface area contributed by atoms with Gasteiger partial charge in [0.25, 0.3) is 5.69 Å². The summed E-state index contributed by atoms with van der Waals surface area (Å²) in [6.45, 7) is 3.42. The minimum Gasteiger partial charge on any atom is -0.464 e. The number of hydrogen-bond donors (Lipinski definition) is 1. The molecule has 0 saturated heterocycles. The second kappa shape index (κ2) is 7.78. The molecular weight excluding hydrogens is 276 g/mol. The Kier molecular flexibility index (Phi) is 6.06. The molecule has 0 aliphatic carbocycles. The smallest absolute Gasteiger partial charge is 0.328 e. The lowest BCUT2D eigenvalue weighted by Gasteiger charge is -2.10. The van der Waals surface area contributed by atoms with Gasteiger partial charge < -0.3 is 10.1 Å². The maximum atomic E-state index is 11.6. The van der Waals surface area contributed by atoms with Gasteiger partial charge in [-0.1, -0.05) is 12.1 Å². The van der Waals surface area contributed by atoms with Crippen LogP contribution in [0.2, 0.25) is 0 Å². The first-order chi connectivity index (χ1) is 9.93. The van der Waals surface area contributed by atoms with Crippen molar-refractivity contribution in [2.75, 3.05) is 6.61 Å². The molecule has 0 heterocycles. The van der Waals surface area contributed by atoms with Crippen LogP contribution in [0.25, 0.3) is 6.08 Å². The number of carbonyl (C=O) groups is 2. The third kappa shape index (κ3) is 5.43. The fraction of sp³-hybridized carbons (Fsp3) is 0.286. The number of non-ortho nitro benzene ring substituents is 1. The van der Waals surface area contributed by atoms with Gasteiger partial charge in [0.05, 0.1) is 11.5 Å². The van der Waals surface area contributed by atoms with Crippen molar-refractivity contribution in [2.24, 2.45) is 0 Å². The fourth-order valence-corrected chi connectivity index (χ4v) is 1.50. The molecule has 1 atom stereocenters. The van der Waals surface area contributed by atoms with Crippen LogP contribution in [0.3, 0.4) is 0 Å². The summed E-state index contributed by atoms with van der Waals surface area (Å²) in [5, 5.41) is 13.1. The molecule has 0 aliphatic heterocycles. The third-order valence-electron chi connectivity index (χ3n) is 2.51. The van der Waals surface area contributed by atoms with Crippen molar-refractivity contribution in [2.45, 2.75) is 19.9 Å². The van der Waals surface area contributed by atoms with Gasteiger partial charge in [0.1, 0.15) is 6.04 Å². The fourth-order valence-electron chi connectivity index (χ4n) is 1.50. The number of carbonyl (C=O) groups excluding carboxylic acids is 2. The van der Waals surface area contributed by atoms with Crippen LogP contribution in [0.5, 0.6) is 0 Å². The summed E-state index contributed by atoms with van der Waals surface area (Å²) in [6, 6.07) is 5.11. The number of amides is 1. The van der Waals surface area contributed by atoms with Crippen LogP contribution in [0.4, 0.5) is 5.69 Å². The summed E-state index contributed by atoms with van der Waals surface area (Å²) in [5.41, 5.74) is 0.459. The molecule has 1 rings (SSSR count). The van der Waals surface area contributed by atoms with E-state index >= 15 is 0 Å². The van der Waals surface area contributed by atoms with Gasteiger partial charge in [0.15, 0.2) is 0 Å². The summed E-state index contributed by atoms with van der Waals surface area (Å²) in [6.07, 6.45) is 2.63. The highest BCUT2D eigenvalue weighted by atomic mass is 16.6. The van der Waals surface area contributed by atoms with Gasteiger partial charge in [0.2, 0.25) is 5.91 Å². The van der Waals surface area contributed by atoms with Crippen LogP contribution < -0.4 is 5.32 Å². The molecule has 7 nitrogen and oxygen atoms in total. The second-order valence-corrected chi connectivity index (χ2v) is 4.17. The number of ether oxygens (including phenoxy) is 1. The molecule has 1 amide bonds. The number of benzene rings is 1. The predicted molar refractivity (Wildman–Crippen MR) is 76.4 cm³/mol. The minimum absolute atomic E-state index is 0.0579. The van der Waals surface area contributed by atoms with E-state index in [1.54, 1.807) is 13.0 Å². The van der Waals surface area contributed by atoms with Gasteiger partial charge in [0, 0.05) is 18.2 Å². The Morgan fingerprint density at radius 2 is 2.19 bits per heavy atom. The Labute approximate surface area is 121 Å². The van der Waals surface area contributed by atoms with E-state index < -0.39 is 22.8 Å². The van der Waals surface area contributed by atoms with E-state index in [2.05, 4.69) is 5.32 Å². The van der Waals surface area contributed by atoms with Gasteiger partial charge in [-0.05, 0) is 25.5 Å². The summed E-state index contributed by atoms with van der Waals surface area (Å²) >= 11 is 0. The average molecular weight is 292 g/mol. The number of rotatable bonds is 6. The summed E-state index contributed by atoms with van der Waals surface area (Å²) < 4.78 is 4.76. The maximum absolute atomic E-state index is 11.6. The van der Waals surface area contributed by atoms with Crippen LogP contribution in [-0.2, 0) is 14.3 Å². The predicted octanol–water partition coefficient (Wildman–Crippen LogP) is 1.68. The topological polar surface area (TPSA) is 98.5 Å². The Balaban J connectivity index is 2.64. The monoisotopic (exact) mass is 292 g/mol. The highest BCUT2D eigenvalue weighted by molar-refractivity contribution is 5.94. The van der Waals surface area contributed by atoms with Gasteiger partial charge in [-0.3, -0.25) is 14.9 Å². The van der Waals surface area contributed by atoms with Crippen LogP contribution in [0, 0.1) is 10.1 Å². The van der Waals surface area contributed by atoms with E-state index in [1.807, 2.05) is 0 Å². The van der Waals surface area contributed by atoms with Crippen LogP contribution in [0.15, 0.2) is 30.3 Å². The number of nitro benzene ring substituents is 1. The molecule has 0 spiro atoms. The molecule has 1 unspecified atom stereocenters. The van der Waals surface area contributed by atoms with Crippen LogP contribution >= 0.6 is 0 Å². The Morgan fingerprint density at radius 1 is 1.48 bits per heavy atom. The van der Waals surface area contributed by atoms with E-state index in [0.717, 1.165) is 0 Å². The first kappa shape index (κ1) is 16.4. The van der Waals surface area contributed by atoms with E-state index in [4.69, 9.17) is 4.74 Å². The van der Waals surface area contributed by atoms with Crippen molar-refractivity contribution >= 4 is 23.6 Å². The molecule has 21 heavy (non-hydrogen) atoms. The van der Waals surface area contributed by atoms with E-state index in [0.29, 0.717) is 5.56 Å². The molecule has 1 aromatic rings. The second-order valence-electron chi connectivity index (χ2n) is 4.17. The molecule has 1 N–H and O–H groups in total. The van der Waals surface area contributed by atoms with E-state index in [-0.39, 0.29) is 12.3 Å². The lowest BCUT2D eigenvalue weighted by molar-refractivity contribution is -0.384. The summed E-state index contributed by atoms with van der Waals surface area (Å²) in [7, 11) is 0. The minimum atomic E-state index is -0.757. The molecule has 0 aliphatic rings. The number of esters is 1. The van der Waals surface area contributed by atoms with Crippen LogP contribution in [0.1, 0.15) is 19.4 Å². The zero-order valence-corrected chi connectivity index (χ0v) is 11.7. The molecule has 7 heteroatoms. The third-order valence-corrected chi connectivity index (χ3v) is 2.51. The van der Waals surface area contributed by atoms with Crippen molar-refractivity contribution in [3.05, 3.63) is 46.0 Å². The van der Waals surface area contributed by atoms with Crippen molar-refractivity contribution in [3.63, 3.8) is 0 Å². The molecule has 112 valence electrons. The quantitative estimate of drug-likeness (QED) is 0.372. The van der Waals surface area contributed by atoms with Gasteiger partial charge in [-0.25, -0.2) is 4.79 Å². The Hall–Kier alpha value is -2.70. The van der Waals surface area contributed by atoms with Gasteiger partial charge >= 0.3 is 5.97 Å². The van der Waals surface area contributed by atoms with Crippen molar-refractivity contribution < 1.29 is 19.2 Å². The average Bonchev–Trinajstić information content (AvgIpc) is 2.45. The number of nitrogens with one attached hydrogen (secondary N) is 1. The molecule has 0 radical (unpaired) electrons. The van der Waals surface area contributed by atoms with Crippen molar-refractivity contribution in [1.29, 1.82) is 0 Å². The van der Waals surface area contributed by atoms with Crippen molar-refractivity contribution in [1.82, 2.24) is 5.32 Å². The van der Waals surface area contributed by atoms with Crippen LogP contribution in [-0.4, -0.2) is 29.4 Å². The first-order valence-electron chi connectivity index (χ1n) is 6.33. The highest BCUT2D eigenvalue weighted by Gasteiger charge is 2.14. The zero-order valence-electron chi connectivity index (χ0n) is 11.7. The zero-order chi connectivity index (χ0) is 15.8. The Morgan fingerprint density at radius 3 is 2.81 bits per heavy atom. The molecule has 0 aromatic heterocycles. The van der Waals surface area contributed by atoms with Crippen molar-refractivity contribution in [3.8, 4) is 0 Å². The SMILES string of the molecule is CCOC(=O)C(C)NC(=O)/C=C/c1cccc([N+](=O)[O-])c1. The number of nitrogens with zero attached hydrogens (tertiary/aromatic N) is 1. The Bertz CT molecular complexity index is 568. The molecular formula is C14H16N2O5. The number of hydrogen-bond acceptors (Lipinski definition) is 5. The lowest BCUT2D eigenvalue weighted by atomic mass is 10.2. The molecule has 0 fully saturated rings. The first-order valence-corrected chi connectivity index (χ1v) is 6.33. The van der Waals surface area contributed by atoms with E-state index in [9.17, 15) is 19.7 Å². The molecule has 1 aromatic carbocycles.